The van der Waals surface area contributed by atoms with E-state index in [2.05, 4.69) is 34.9 Å². The molecule has 0 aromatic carbocycles. The van der Waals surface area contributed by atoms with Crippen LogP contribution >= 0.6 is 23.5 Å². The Morgan fingerprint density at radius 2 is 1.88 bits per heavy atom. The molecule has 1 N–H and O–H groups in total. The van der Waals surface area contributed by atoms with Gasteiger partial charge in [-0.1, -0.05) is 0 Å². The molecule has 136 valence electrons. The van der Waals surface area contributed by atoms with Crippen LogP contribution in [0.5, 0.6) is 0 Å². The van der Waals surface area contributed by atoms with Gasteiger partial charge < -0.3 is 0 Å². The molecule has 0 amide bonds. The summed E-state index contributed by atoms with van der Waals surface area (Å²) in [7, 11) is 7.01. The van der Waals surface area contributed by atoms with Crippen molar-refractivity contribution in [3.8, 4) is 0 Å². The Labute approximate surface area is 162 Å². The summed E-state index contributed by atoms with van der Waals surface area (Å²) in [6.07, 6.45) is 0.204. The van der Waals surface area contributed by atoms with Gasteiger partial charge in [0, 0.05) is 0 Å². The average molecular weight is 562 g/mol. The maximum absolute atomic E-state index is 6.39. The van der Waals surface area contributed by atoms with Gasteiger partial charge >= 0.3 is 162 Å². The summed E-state index contributed by atoms with van der Waals surface area (Å²) >= 11 is 1.50. The SMILES string of the molecule is COCC1CN([P](C)(=[W])OCC2CNCC([B]P)O2)CC([B]P)O1. The maximum atomic E-state index is 6.39. The van der Waals surface area contributed by atoms with E-state index in [1.807, 2.05) is 14.0 Å². The van der Waals surface area contributed by atoms with Crippen molar-refractivity contribution in [1.82, 2.24) is 9.99 Å². The number of morpholine rings is 2. The van der Waals surface area contributed by atoms with Gasteiger partial charge in [-0.25, -0.2) is 0 Å². The van der Waals surface area contributed by atoms with Crippen molar-refractivity contribution < 1.29 is 37.5 Å². The van der Waals surface area contributed by atoms with E-state index in [1.165, 1.54) is 18.8 Å². The fourth-order valence-corrected chi connectivity index (χ4v) is 6.85. The van der Waals surface area contributed by atoms with Gasteiger partial charge in [-0.2, -0.15) is 0 Å². The predicted molar refractivity (Wildman–Crippen MR) is 103 cm³/mol. The molecule has 2 rings (SSSR count). The third-order valence-electron chi connectivity index (χ3n) is 4.05. The summed E-state index contributed by atoms with van der Waals surface area (Å²) in [5.74, 6) is 0. The van der Waals surface area contributed by atoms with Crippen LogP contribution in [-0.2, 0) is 37.5 Å². The van der Waals surface area contributed by atoms with E-state index in [4.69, 9.17) is 18.7 Å². The van der Waals surface area contributed by atoms with Gasteiger partial charge in [-0.3, -0.25) is 0 Å². The molecule has 0 bridgehead atoms. The zero-order chi connectivity index (χ0) is 17.6. The molecule has 0 saturated carbocycles. The second kappa shape index (κ2) is 11.0. The number of hydrogen-bond acceptors (Lipinski definition) is 6. The van der Waals surface area contributed by atoms with Crippen LogP contribution in [0, 0.1) is 0 Å². The Kier molecular flexibility index (Phi) is 10.2. The van der Waals surface area contributed by atoms with Crippen LogP contribution in [0.1, 0.15) is 0 Å². The summed E-state index contributed by atoms with van der Waals surface area (Å²) in [4.78, 5) is 0. The number of methoxy groups -OCH3 is 1. The molecular formula is C12H27B2N2O4P3W. The standard InChI is InChI=1S/C12H27B2N2O4P3.W/c1-17-7-10-5-16(6-12(14-22)20-10)23(2)18-8-9-3-15-4-11(13-21)19-9;/h9-12,15H,3-8,21-22H2,1-2H3;. The molecule has 0 spiro atoms. The van der Waals surface area contributed by atoms with Crippen molar-refractivity contribution in [2.45, 2.75) is 24.2 Å². The van der Waals surface area contributed by atoms with Gasteiger partial charge in [0.25, 0.3) is 0 Å². The molecule has 0 aromatic rings. The number of nitrogens with zero attached hydrogens (tertiary/aromatic N) is 1. The zero-order valence-corrected chi connectivity index (χ0v) is 20.4. The molecule has 6 nitrogen and oxygen atoms in total. The fourth-order valence-electron chi connectivity index (χ4n) is 2.78. The Morgan fingerprint density at radius 3 is 2.54 bits per heavy atom. The van der Waals surface area contributed by atoms with Crippen LogP contribution in [0.2, 0.25) is 0 Å². The van der Waals surface area contributed by atoms with E-state index >= 15 is 0 Å². The Bertz CT molecular complexity index is 443. The fraction of sp³-hybridized carbons (Fsp3) is 1.00. The summed E-state index contributed by atoms with van der Waals surface area (Å²) in [6, 6.07) is 0.256. The molecule has 24 heavy (non-hydrogen) atoms. The molecule has 12 heteroatoms. The summed E-state index contributed by atoms with van der Waals surface area (Å²) in [5.41, 5.74) is 0. The summed E-state index contributed by atoms with van der Waals surface area (Å²) < 4.78 is 26.2. The molecule has 2 heterocycles. The quantitative estimate of drug-likeness (QED) is 0.331. The van der Waals surface area contributed by atoms with Crippen LogP contribution in [0.15, 0.2) is 0 Å². The van der Waals surface area contributed by atoms with Gasteiger partial charge in [0.05, 0.1) is 0 Å². The Balaban J connectivity index is 1.89. The van der Waals surface area contributed by atoms with Gasteiger partial charge in [0.1, 0.15) is 0 Å². The van der Waals surface area contributed by atoms with Crippen molar-refractivity contribution >= 4 is 37.5 Å². The molecule has 2 aliphatic heterocycles. The topological polar surface area (TPSA) is 52.2 Å². The van der Waals surface area contributed by atoms with Crippen molar-refractivity contribution in [2.24, 2.45) is 0 Å². The number of hydrogen-bond donors (Lipinski definition) is 1. The molecular weight excluding hydrogens is 535 g/mol. The van der Waals surface area contributed by atoms with Crippen molar-refractivity contribution in [2.75, 3.05) is 53.2 Å². The second-order valence-corrected chi connectivity index (χ2v) is 16.6. The molecule has 7 atom stereocenters. The number of ether oxygens (including phenoxy) is 3. The van der Waals surface area contributed by atoms with Crippen molar-refractivity contribution in [1.29, 1.82) is 0 Å². The molecule has 7 unspecified atom stereocenters. The minimum absolute atomic E-state index is 0.0940. The molecule has 0 aliphatic carbocycles. The first-order valence-corrected chi connectivity index (χ1v) is 15.4. The average Bonchev–Trinajstić information content (AvgIpc) is 2.60. The van der Waals surface area contributed by atoms with Crippen LogP contribution in [-0.4, -0.2) is 96.1 Å². The first kappa shape index (κ1) is 22.2. The van der Waals surface area contributed by atoms with Crippen LogP contribution in [0.3, 0.4) is 0 Å². The van der Waals surface area contributed by atoms with Crippen LogP contribution in [0.25, 0.3) is 0 Å². The minimum atomic E-state index is -1.60. The van der Waals surface area contributed by atoms with Gasteiger partial charge in [0.15, 0.2) is 0 Å². The first-order chi connectivity index (χ1) is 11.5. The first-order valence-electron chi connectivity index (χ1n) is 8.06. The normalized spacial score (nSPS) is 34.5. The molecule has 2 saturated heterocycles. The Hall–Kier alpha value is 1.87. The second-order valence-electron chi connectivity index (χ2n) is 6.06. The predicted octanol–water partition coefficient (Wildman–Crippen LogP) is -0.0814. The van der Waals surface area contributed by atoms with Crippen LogP contribution < -0.4 is 5.32 Å². The summed E-state index contributed by atoms with van der Waals surface area (Å²) in [5, 5.41) is 1.81. The van der Waals surface area contributed by atoms with E-state index in [-0.39, 0.29) is 24.2 Å². The van der Waals surface area contributed by atoms with E-state index in [1.54, 1.807) is 7.11 Å². The van der Waals surface area contributed by atoms with Crippen molar-refractivity contribution in [3.05, 3.63) is 0 Å². The third-order valence-corrected chi connectivity index (χ3v) is 10.5. The molecule has 2 fully saturated rings. The van der Waals surface area contributed by atoms with Gasteiger partial charge in [-0.05, 0) is 0 Å². The van der Waals surface area contributed by atoms with Gasteiger partial charge in [0.2, 0.25) is 0 Å². The monoisotopic (exact) mass is 562 g/mol. The number of rotatable bonds is 8. The number of nitrogens with one attached hydrogen (secondary N) is 1. The van der Waals surface area contributed by atoms with E-state index < -0.39 is 5.27 Å². The molecule has 2 radical (unpaired) electrons. The van der Waals surface area contributed by atoms with E-state index in [0.717, 1.165) is 26.2 Å². The van der Waals surface area contributed by atoms with E-state index in [0.29, 0.717) is 13.2 Å². The summed E-state index contributed by atoms with van der Waals surface area (Å²) in [6.45, 7) is 11.0. The Morgan fingerprint density at radius 1 is 1.17 bits per heavy atom. The van der Waals surface area contributed by atoms with E-state index in [9.17, 15) is 0 Å². The third kappa shape index (κ3) is 6.79. The molecule has 0 aromatic heterocycles. The van der Waals surface area contributed by atoms with Gasteiger partial charge in [-0.15, -0.1) is 0 Å². The van der Waals surface area contributed by atoms with Crippen molar-refractivity contribution in [3.63, 3.8) is 0 Å². The zero-order valence-electron chi connectivity index (χ0n) is 14.3. The van der Waals surface area contributed by atoms with Crippen LogP contribution in [0.4, 0.5) is 0 Å². The molecule has 2 aliphatic rings.